The first-order chi connectivity index (χ1) is 21.4. The molecular weight excluding hydrogens is 572 g/mol. The van der Waals surface area contributed by atoms with Gasteiger partial charge in [-0.25, -0.2) is 4.98 Å². The van der Waals surface area contributed by atoms with Gasteiger partial charge in [-0.05, 0) is 35.8 Å². The Bertz CT molecular complexity index is 1580. The van der Waals surface area contributed by atoms with Crippen molar-refractivity contribution in [1.29, 1.82) is 0 Å². The fraction of sp³-hybridized carbons (Fsp3) is 0.414. The quantitative estimate of drug-likeness (QED) is 0.321. The zero-order chi connectivity index (χ0) is 30.6. The first-order valence-electron chi connectivity index (χ1n) is 14.5. The van der Waals surface area contributed by atoms with Gasteiger partial charge >= 0.3 is 6.55 Å². The van der Waals surface area contributed by atoms with Crippen molar-refractivity contribution in [3.8, 4) is 0 Å². The number of halogens is 2. The molecule has 6 rings (SSSR count). The number of nitrogens with zero attached hydrogens (tertiary/aromatic N) is 10. The van der Waals surface area contributed by atoms with Gasteiger partial charge in [0.25, 0.3) is 11.8 Å². The molecule has 0 spiro atoms. The normalized spacial score (nSPS) is 17.2. The molecule has 0 bridgehead atoms. The highest BCUT2D eigenvalue weighted by molar-refractivity contribution is 5.93. The average Bonchev–Trinajstić information content (AvgIpc) is 3.72. The molecule has 0 aliphatic carbocycles. The van der Waals surface area contributed by atoms with Gasteiger partial charge in [-0.1, -0.05) is 35.1 Å². The van der Waals surface area contributed by atoms with Gasteiger partial charge in [-0.15, -0.1) is 10.2 Å². The Morgan fingerprint density at radius 2 is 1.70 bits per heavy atom. The van der Waals surface area contributed by atoms with E-state index in [0.29, 0.717) is 42.5 Å². The Balaban J connectivity index is 1.07. The molecule has 1 atom stereocenters. The van der Waals surface area contributed by atoms with Crippen LogP contribution in [0, 0.1) is 0 Å². The van der Waals surface area contributed by atoms with Crippen LogP contribution in [0.3, 0.4) is 0 Å². The molecule has 1 aromatic carbocycles. The third kappa shape index (κ3) is 6.27. The van der Waals surface area contributed by atoms with E-state index < -0.39 is 12.6 Å². The highest BCUT2D eigenvalue weighted by Crippen LogP contribution is 2.28. The smallest absolute Gasteiger partial charge is 0.350 e. The van der Waals surface area contributed by atoms with Gasteiger partial charge in [0.1, 0.15) is 5.69 Å². The van der Waals surface area contributed by atoms with Crippen LogP contribution < -0.4 is 10.2 Å². The summed E-state index contributed by atoms with van der Waals surface area (Å²) in [6, 6.07) is 12.7. The van der Waals surface area contributed by atoms with Gasteiger partial charge in [-0.2, -0.15) is 8.78 Å². The number of pyridine rings is 1. The molecule has 2 amide bonds. The van der Waals surface area contributed by atoms with E-state index in [-0.39, 0.29) is 23.7 Å². The number of rotatable bonds is 8. The second kappa shape index (κ2) is 12.8. The topological polar surface area (TPSA) is 130 Å². The number of aromatic nitrogens is 7. The number of piperazine rings is 1. The Kier molecular flexibility index (Phi) is 8.54. The van der Waals surface area contributed by atoms with Crippen LogP contribution in [0.1, 0.15) is 57.9 Å². The molecule has 1 N–H and O–H groups in total. The van der Waals surface area contributed by atoms with Crippen molar-refractivity contribution >= 4 is 17.5 Å². The number of carbonyl (C=O) groups excluding carboxylic acids is 2. The van der Waals surface area contributed by atoms with Crippen molar-refractivity contribution in [2.45, 2.75) is 31.5 Å². The lowest BCUT2D eigenvalue weighted by Gasteiger charge is -2.38. The number of alkyl halides is 2. The second-order valence-electron chi connectivity index (χ2n) is 10.9. The maximum atomic E-state index is 13.5. The highest BCUT2D eigenvalue weighted by Gasteiger charge is 2.32. The van der Waals surface area contributed by atoms with E-state index in [1.54, 1.807) is 35.1 Å². The Morgan fingerprint density at radius 1 is 0.955 bits per heavy atom. The lowest BCUT2D eigenvalue weighted by Crippen LogP contribution is -2.50. The number of hydrogen-bond donors (Lipinski definition) is 1. The number of tetrazole rings is 1. The number of imidazole rings is 1. The van der Waals surface area contributed by atoms with Crippen LogP contribution >= 0.6 is 0 Å². The van der Waals surface area contributed by atoms with Crippen molar-refractivity contribution < 1.29 is 18.4 Å². The minimum Gasteiger partial charge on any atom is -0.371 e. The van der Waals surface area contributed by atoms with E-state index in [9.17, 15) is 18.4 Å². The fourth-order valence-corrected chi connectivity index (χ4v) is 5.78. The number of anilines is 1. The summed E-state index contributed by atoms with van der Waals surface area (Å²) in [5.41, 5.74) is 2.13. The third-order valence-electron chi connectivity index (χ3n) is 8.13. The average molecular weight is 606 g/mol. The van der Waals surface area contributed by atoms with E-state index in [0.717, 1.165) is 37.2 Å². The lowest BCUT2D eigenvalue weighted by atomic mass is 10.0. The minimum atomic E-state index is -2.88. The van der Waals surface area contributed by atoms with E-state index in [4.69, 9.17) is 0 Å². The van der Waals surface area contributed by atoms with Crippen molar-refractivity contribution in [1.82, 2.24) is 49.9 Å². The standard InChI is InChI=1S/C29H33F2N11O2/c1-38-14-11-33-26(38)27(43)34-21-8-12-39(13-9-21)22-7-10-32-23(19-22)28(44)41-17-15-40(16-18-41)24(20-5-3-2-4-6-20)25-35-37-42(36-25)29(30)31/h2-7,10-11,14,19,21,24,29H,8-9,12-13,15-18H2,1H3,(H,34,43)/t24-/m1/s1. The van der Waals surface area contributed by atoms with Crippen molar-refractivity contribution in [3.05, 3.63) is 84.0 Å². The summed E-state index contributed by atoms with van der Waals surface area (Å²) < 4.78 is 28.0. The summed E-state index contributed by atoms with van der Waals surface area (Å²) in [6.45, 7) is 0.419. The zero-order valence-corrected chi connectivity index (χ0v) is 24.2. The zero-order valence-electron chi connectivity index (χ0n) is 24.2. The van der Waals surface area contributed by atoms with Crippen LogP contribution in [-0.4, -0.2) is 102 Å². The predicted octanol–water partition coefficient (Wildman–Crippen LogP) is 2.14. The summed E-state index contributed by atoms with van der Waals surface area (Å²) >= 11 is 0. The van der Waals surface area contributed by atoms with Gasteiger partial charge in [0.15, 0.2) is 11.6 Å². The largest absolute Gasteiger partial charge is 0.371 e. The second-order valence-corrected chi connectivity index (χ2v) is 10.9. The van der Waals surface area contributed by atoms with Crippen LogP contribution in [0.5, 0.6) is 0 Å². The molecule has 4 aromatic rings. The number of benzene rings is 1. The number of hydrogen-bond acceptors (Lipinski definition) is 9. The molecule has 15 heteroatoms. The number of piperidine rings is 1. The van der Waals surface area contributed by atoms with Gasteiger partial charge < -0.3 is 19.7 Å². The Morgan fingerprint density at radius 3 is 2.36 bits per heavy atom. The molecule has 44 heavy (non-hydrogen) atoms. The van der Waals surface area contributed by atoms with Crippen molar-refractivity contribution in [2.24, 2.45) is 7.05 Å². The van der Waals surface area contributed by atoms with Crippen molar-refractivity contribution in [2.75, 3.05) is 44.2 Å². The first-order valence-corrected chi connectivity index (χ1v) is 14.5. The van der Waals surface area contributed by atoms with Gasteiger partial charge in [-0.3, -0.25) is 19.5 Å². The Hall–Kier alpha value is -4.79. The maximum absolute atomic E-state index is 13.5. The van der Waals surface area contributed by atoms with E-state index in [1.807, 2.05) is 42.5 Å². The van der Waals surface area contributed by atoms with Crippen LogP contribution in [0.15, 0.2) is 61.1 Å². The van der Waals surface area contributed by atoms with E-state index in [2.05, 4.69) is 40.5 Å². The first kappa shape index (κ1) is 29.3. The molecule has 2 saturated heterocycles. The molecule has 13 nitrogen and oxygen atoms in total. The highest BCUT2D eigenvalue weighted by atomic mass is 19.3. The number of amides is 2. The summed E-state index contributed by atoms with van der Waals surface area (Å²) in [5.74, 6) is 0.225. The number of carbonyl (C=O) groups is 2. The number of aryl methyl sites for hydroxylation is 1. The molecular formula is C29H33F2N11O2. The van der Waals surface area contributed by atoms with Gasteiger partial charge in [0.05, 0.1) is 6.04 Å². The number of nitrogens with one attached hydrogen (secondary N) is 1. The fourth-order valence-electron chi connectivity index (χ4n) is 5.78. The molecule has 2 aliphatic rings. The molecule has 0 saturated carbocycles. The maximum Gasteiger partial charge on any atom is 0.350 e. The summed E-state index contributed by atoms with van der Waals surface area (Å²) in [5, 5.41) is 14.4. The lowest BCUT2D eigenvalue weighted by molar-refractivity contribution is 0.0385. The van der Waals surface area contributed by atoms with E-state index in [1.165, 1.54) is 0 Å². The molecule has 0 unspecified atom stereocenters. The summed E-state index contributed by atoms with van der Waals surface area (Å²) in [4.78, 5) is 40.9. The summed E-state index contributed by atoms with van der Waals surface area (Å²) in [6.07, 6.45) is 6.53. The molecule has 3 aromatic heterocycles. The van der Waals surface area contributed by atoms with Crippen LogP contribution in [-0.2, 0) is 7.05 Å². The SMILES string of the molecule is Cn1ccnc1C(=O)NC1CCN(c2ccnc(C(=O)N3CCN([C@H](c4ccccc4)c4nnn(C(F)F)n4)CC3)c2)CC1. The Labute approximate surface area is 252 Å². The van der Waals surface area contributed by atoms with E-state index >= 15 is 0 Å². The monoisotopic (exact) mass is 605 g/mol. The van der Waals surface area contributed by atoms with Crippen LogP contribution in [0.4, 0.5) is 14.5 Å². The minimum absolute atomic E-state index is 0.0458. The van der Waals surface area contributed by atoms with Crippen LogP contribution in [0.2, 0.25) is 0 Å². The van der Waals surface area contributed by atoms with Gasteiger partial charge in [0, 0.05) is 76.6 Å². The molecule has 2 aliphatic heterocycles. The molecule has 5 heterocycles. The van der Waals surface area contributed by atoms with Crippen LogP contribution in [0.25, 0.3) is 0 Å². The molecule has 230 valence electrons. The molecule has 2 fully saturated rings. The van der Waals surface area contributed by atoms with Gasteiger partial charge in [0.2, 0.25) is 0 Å². The third-order valence-corrected chi connectivity index (χ3v) is 8.13. The predicted molar refractivity (Wildman–Crippen MR) is 155 cm³/mol. The summed E-state index contributed by atoms with van der Waals surface area (Å²) in [7, 11) is 1.79. The molecule has 0 radical (unpaired) electrons. The van der Waals surface area contributed by atoms with Crippen molar-refractivity contribution in [3.63, 3.8) is 0 Å².